The van der Waals surface area contributed by atoms with E-state index < -0.39 is 75.2 Å². The number of hydrogen-bond donors (Lipinski definition) is 9. The molecule has 58 heavy (non-hydrogen) atoms. The molecule has 14 heteroatoms. The number of hydrogen-bond acceptors (Lipinski definition) is 11. The number of rotatable bonds is 38. The lowest BCUT2D eigenvalue weighted by Gasteiger charge is -2.41. The molecule has 8 unspecified atom stereocenters. The van der Waals surface area contributed by atoms with Gasteiger partial charge < -0.3 is 46.0 Å². The molecule has 0 radical (unpaired) electrons. The number of unbranched alkanes of at least 4 members (excludes halogenated alkanes) is 23. The highest BCUT2D eigenvalue weighted by molar-refractivity contribution is 7.47. The number of nitrogens with one attached hydrogen (secondary N) is 1. The van der Waals surface area contributed by atoms with Gasteiger partial charge >= 0.3 is 7.82 Å². The van der Waals surface area contributed by atoms with Gasteiger partial charge in [-0.05, 0) is 38.5 Å². The minimum absolute atomic E-state index is 0.224. The molecule has 8 atom stereocenters. The summed E-state index contributed by atoms with van der Waals surface area (Å²) in [6, 6.07) is -1.15. The van der Waals surface area contributed by atoms with Crippen LogP contribution in [0, 0.1) is 0 Å². The van der Waals surface area contributed by atoms with Crippen molar-refractivity contribution in [3.8, 4) is 0 Å². The van der Waals surface area contributed by atoms with Gasteiger partial charge in [0.15, 0.2) is 0 Å². The fourth-order valence-electron chi connectivity index (χ4n) is 7.53. The summed E-state index contributed by atoms with van der Waals surface area (Å²) in [6.07, 6.45) is 22.8. The van der Waals surface area contributed by atoms with Gasteiger partial charge in [0.1, 0.15) is 36.6 Å². The summed E-state index contributed by atoms with van der Waals surface area (Å²) < 4.78 is 22.6. The molecule has 1 amide bonds. The van der Waals surface area contributed by atoms with E-state index in [4.69, 9.17) is 9.05 Å². The lowest BCUT2D eigenvalue weighted by atomic mass is 9.85. The first-order valence-corrected chi connectivity index (χ1v) is 24.7. The Morgan fingerprint density at radius 1 is 0.586 bits per heavy atom. The number of carbonyl (C=O) groups excluding carboxylic acids is 1. The smallest absolute Gasteiger partial charge is 0.393 e. The lowest BCUT2D eigenvalue weighted by Crippen LogP contribution is -2.64. The molecule has 0 saturated heterocycles. The second kappa shape index (κ2) is 34.6. The van der Waals surface area contributed by atoms with Crippen LogP contribution in [-0.2, 0) is 18.4 Å². The molecule has 0 aliphatic heterocycles. The van der Waals surface area contributed by atoms with Gasteiger partial charge in [0.05, 0.1) is 31.3 Å². The monoisotopic (exact) mass is 852 g/mol. The van der Waals surface area contributed by atoms with Gasteiger partial charge in [-0.25, -0.2) is 4.57 Å². The normalized spacial score (nSPS) is 23.8. The van der Waals surface area contributed by atoms with Gasteiger partial charge in [0.2, 0.25) is 5.91 Å². The molecule has 0 heterocycles. The SMILES string of the molecule is CCCCCCCCCCCCCC/C=C\CCCCCCCCCCCC(O)CC(=O)NC(COP(=O)(O)OC1C(O)C(O)C(O)C(O)C1O)C(O)CCCCC. The van der Waals surface area contributed by atoms with Crippen LogP contribution in [0.2, 0.25) is 0 Å². The van der Waals surface area contributed by atoms with Crippen LogP contribution in [-0.4, -0.2) is 108 Å². The number of aliphatic hydroxyl groups excluding tert-OH is 7. The van der Waals surface area contributed by atoms with Crippen LogP contribution in [0.5, 0.6) is 0 Å². The van der Waals surface area contributed by atoms with Gasteiger partial charge in [-0.2, -0.15) is 0 Å². The van der Waals surface area contributed by atoms with E-state index in [1.165, 1.54) is 122 Å². The maximum absolute atomic E-state index is 12.8. The van der Waals surface area contributed by atoms with Crippen LogP contribution in [0.4, 0.5) is 0 Å². The third-order valence-electron chi connectivity index (χ3n) is 11.4. The predicted molar refractivity (Wildman–Crippen MR) is 229 cm³/mol. The highest BCUT2D eigenvalue weighted by Gasteiger charge is 2.51. The van der Waals surface area contributed by atoms with E-state index >= 15 is 0 Å². The molecular formula is C44H86NO12P. The number of phosphoric ester groups is 1. The van der Waals surface area contributed by atoms with Gasteiger partial charge in [0, 0.05) is 0 Å². The Morgan fingerprint density at radius 3 is 1.43 bits per heavy atom. The maximum atomic E-state index is 12.8. The molecule has 1 aliphatic rings. The summed E-state index contributed by atoms with van der Waals surface area (Å²) >= 11 is 0. The number of amides is 1. The number of carbonyl (C=O) groups is 1. The van der Waals surface area contributed by atoms with Gasteiger partial charge in [0.25, 0.3) is 0 Å². The summed E-state index contributed by atoms with van der Waals surface area (Å²) in [6.45, 7) is 3.57. The Balaban J connectivity index is 2.19. The Morgan fingerprint density at radius 2 is 0.966 bits per heavy atom. The van der Waals surface area contributed by atoms with Crippen molar-refractivity contribution in [2.75, 3.05) is 6.61 Å². The zero-order valence-corrected chi connectivity index (χ0v) is 37.1. The van der Waals surface area contributed by atoms with Crippen molar-refractivity contribution in [3.63, 3.8) is 0 Å². The zero-order chi connectivity index (χ0) is 43.0. The average Bonchev–Trinajstić information content (AvgIpc) is 3.19. The van der Waals surface area contributed by atoms with E-state index in [1.807, 2.05) is 6.92 Å². The van der Waals surface area contributed by atoms with Crippen molar-refractivity contribution in [1.82, 2.24) is 5.32 Å². The topological polar surface area (TPSA) is 226 Å². The Hall–Kier alpha value is -0.960. The summed E-state index contributed by atoms with van der Waals surface area (Å²) in [4.78, 5) is 23.1. The summed E-state index contributed by atoms with van der Waals surface area (Å²) in [5.41, 5.74) is 0. The standard InChI is InChI=1S/C44H86NO12P/c1-3-5-7-8-9-10-11-12-13-14-15-16-17-18-19-20-21-22-23-24-25-26-27-28-30-31-35(46)33-38(48)45-36(37(47)32-29-6-4-2)34-56-58(54,55)57-44-42(52)40(50)39(49)41(51)43(44)53/h18-19,35-37,39-44,46-47,49-53H,3-17,20-34H2,1-2H3,(H,45,48)(H,54,55)/b19-18-. The van der Waals surface area contributed by atoms with Crippen molar-refractivity contribution in [2.24, 2.45) is 0 Å². The zero-order valence-electron chi connectivity index (χ0n) is 36.2. The minimum Gasteiger partial charge on any atom is -0.393 e. The van der Waals surface area contributed by atoms with E-state index in [0.717, 1.165) is 38.5 Å². The second-order valence-electron chi connectivity index (χ2n) is 16.8. The van der Waals surface area contributed by atoms with Crippen molar-refractivity contribution in [3.05, 3.63) is 12.2 Å². The first-order chi connectivity index (χ1) is 27.8. The predicted octanol–water partition coefficient (Wildman–Crippen LogP) is 7.42. The highest BCUT2D eigenvalue weighted by Crippen LogP contribution is 2.47. The molecule has 1 fully saturated rings. The number of allylic oxidation sites excluding steroid dienone is 2. The van der Waals surface area contributed by atoms with Crippen LogP contribution in [0.3, 0.4) is 0 Å². The molecule has 1 saturated carbocycles. The van der Waals surface area contributed by atoms with E-state index in [1.54, 1.807) is 0 Å². The third kappa shape index (κ3) is 26.4. The first kappa shape index (κ1) is 55.1. The quantitative estimate of drug-likeness (QED) is 0.0168. The molecular weight excluding hydrogens is 765 g/mol. The number of aliphatic hydroxyl groups is 7. The largest absolute Gasteiger partial charge is 0.472 e. The van der Waals surface area contributed by atoms with Crippen molar-refractivity contribution < 1.29 is 59.0 Å². The first-order valence-electron chi connectivity index (χ1n) is 23.2. The van der Waals surface area contributed by atoms with Crippen molar-refractivity contribution in [2.45, 2.75) is 255 Å². The molecule has 344 valence electrons. The molecule has 0 spiro atoms. The summed E-state index contributed by atoms with van der Waals surface area (Å²) in [5, 5.41) is 73.7. The van der Waals surface area contributed by atoms with Crippen LogP contribution in [0.15, 0.2) is 12.2 Å². The van der Waals surface area contributed by atoms with Crippen molar-refractivity contribution >= 4 is 13.7 Å². The molecule has 0 bridgehead atoms. The molecule has 0 aromatic rings. The fourth-order valence-corrected chi connectivity index (χ4v) is 8.50. The van der Waals surface area contributed by atoms with Crippen LogP contribution < -0.4 is 5.32 Å². The van der Waals surface area contributed by atoms with Crippen LogP contribution in [0.25, 0.3) is 0 Å². The van der Waals surface area contributed by atoms with E-state index in [9.17, 15) is 50.0 Å². The third-order valence-corrected chi connectivity index (χ3v) is 12.4. The van der Waals surface area contributed by atoms with Gasteiger partial charge in [-0.3, -0.25) is 13.8 Å². The highest BCUT2D eigenvalue weighted by atomic mass is 31.2. The van der Waals surface area contributed by atoms with E-state index in [0.29, 0.717) is 12.8 Å². The second-order valence-corrected chi connectivity index (χ2v) is 18.2. The van der Waals surface area contributed by atoms with E-state index in [-0.39, 0.29) is 12.8 Å². The summed E-state index contributed by atoms with van der Waals surface area (Å²) in [5.74, 6) is -0.572. The Kier molecular flexibility index (Phi) is 32.9. The lowest BCUT2D eigenvalue weighted by molar-refractivity contribution is -0.220. The molecule has 1 aliphatic carbocycles. The minimum atomic E-state index is -5.09. The Labute approximate surface area is 351 Å². The molecule has 13 nitrogen and oxygen atoms in total. The summed E-state index contributed by atoms with van der Waals surface area (Å²) in [7, 11) is -5.09. The van der Waals surface area contributed by atoms with Crippen LogP contribution >= 0.6 is 7.82 Å². The van der Waals surface area contributed by atoms with Gasteiger partial charge in [-0.15, -0.1) is 0 Å². The molecule has 9 N–H and O–H groups in total. The van der Waals surface area contributed by atoms with Crippen molar-refractivity contribution in [1.29, 1.82) is 0 Å². The number of phosphoric acid groups is 1. The van der Waals surface area contributed by atoms with Gasteiger partial charge in [-0.1, -0.05) is 167 Å². The maximum Gasteiger partial charge on any atom is 0.472 e. The molecule has 1 rings (SSSR count). The molecule has 0 aromatic carbocycles. The average molecular weight is 852 g/mol. The van der Waals surface area contributed by atoms with Crippen LogP contribution in [0.1, 0.15) is 200 Å². The fraction of sp³-hybridized carbons (Fsp3) is 0.932. The molecule has 0 aromatic heterocycles. The van der Waals surface area contributed by atoms with E-state index in [2.05, 4.69) is 24.4 Å². The Bertz CT molecular complexity index is 1050.